The standard InChI is InChI=1S/C54H105NO10/c1-3-5-7-9-11-13-15-17-18-19-20-21-22-23-24-25-26-27-28-29-30-32-34-36-38-40-42-47(58)53(63)55-45(44-64-54-52(62)51(61)50(60)48(43-56)65-54)49(59)46(57)41-39-37-35-33-31-16-14-12-10-8-6-4-2/h23-24,45-52,54,56-62H,3-22,25-44H2,1-2H3,(H,55,63)/b24-23-. The van der Waals surface area contributed by atoms with Gasteiger partial charge in [-0.2, -0.15) is 0 Å². The van der Waals surface area contributed by atoms with Gasteiger partial charge in [0.1, 0.15) is 36.6 Å². The number of aliphatic hydroxyl groups excluding tert-OH is 7. The van der Waals surface area contributed by atoms with Gasteiger partial charge in [-0.25, -0.2) is 0 Å². The minimum atomic E-state index is -1.66. The molecule has 9 atom stereocenters. The maximum atomic E-state index is 13.1. The maximum absolute atomic E-state index is 13.1. The van der Waals surface area contributed by atoms with Gasteiger partial charge < -0.3 is 50.5 Å². The van der Waals surface area contributed by atoms with Gasteiger partial charge in [-0.15, -0.1) is 0 Å². The summed E-state index contributed by atoms with van der Waals surface area (Å²) >= 11 is 0. The quantitative estimate of drug-likeness (QED) is 0.0215. The van der Waals surface area contributed by atoms with E-state index in [4.69, 9.17) is 9.47 Å². The molecular weight excluding hydrogens is 823 g/mol. The Hall–Kier alpha value is -1.15. The highest BCUT2D eigenvalue weighted by Crippen LogP contribution is 2.23. The van der Waals surface area contributed by atoms with Crippen LogP contribution >= 0.6 is 0 Å². The Morgan fingerprint density at radius 3 is 1.29 bits per heavy atom. The number of amides is 1. The summed E-state index contributed by atoms with van der Waals surface area (Å²) in [5.74, 6) is -0.695. The molecule has 0 aliphatic carbocycles. The minimum absolute atomic E-state index is 0.261. The summed E-state index contributed by atoms with van der Waals surface area (Å²) in [6.07, 6.45) is 38.4. The van der Waals surface area contributed by atoms with Gasteiger partial charge in [0, 0.05) is 0 Å². The van der Waals surface area contributed by atoms with Crippen molar-refractivity contribution >= 4 is 5.91 Å². The van der Waals surface area contributed by atoms with Crippen molar-refractivity contribution in [1.29, 1.82) is 0 Å². The molecule has 1 saturated heterocycles. The van der Waals surface area contributed by atoms with Gasteiger partial charge in [-0.3, -0.25) is 4.79 Å². The van der Waals surface area contributed by atoms with Gasteiger partial charge in [0.2, 0.25) is 5.91 Å². The number of nitrogens with one attached hydrogen (secondary N) is 1. The van der Waals surface area contributed by atoms with E-state index in [0.29, 0.717) is 19.3 Å². The van der Waals surface area contributed by atoms with E-state index >= 15 is 0 Å². The maximum Gasteiger partial charge on any atom is 0.249 e. The Bertz CT molecular complexity index is 1060. The van der Waals surface area contributed by atoms with Gasteiger partial charge >= 0.3 is 0 Å². The van der Waals surface area contributed by atoms with Gasteiger partial charge in [0.15, 0.2) is 6.29 Å². The van der Waals surface area contributed by atoms with Crippen molar-refractivity contribution < 1.29 is 50.0 Å². The van der Waals surface area contributed by atoms with Gasteiger partial charge in [0.25, 0.3) is 0 Å². The average molecular weight is 928 g/mol. The Labute approximate surface area is 398 Å². The van der Waals surface area contributed by atoms with Crippen LogP contribution in [0.3, 0.4) is 0 Å². The molecular formula is C54H105NO10. The number of rotatable bonds is 47. The third kappa shape index (κ3) is 33.1. The summed E-state index contributed by atoms with van der Waals surface area (Å²) in [4.78, 5) is 13.1. The third-order valence-corrected chi connectivity index (χ3v) is 13.6. The second-order valence-electron chi connectivity index (χ2n) is 19.7. The Balaban J connectivity index is 2.27. The number of hydrogen-bond acceptors (Lipinski definition) is 10. The van der Waals surface area contributed by atoms with Crippen LogP contribution in [0.5, 0.6) is 0 Å². The van der Waals surface area contributed by atoms with Crippen LogP contribution in [0.4, 0.5) is 0 Å². The fraction of sp³-hybridized carbons (Fsp3) is 0.944. The summed E-state index contributed by atoms with van der Waals surface area (Å²) in [7, 11) is 0. The van der Waals surface area contributed by atoms with Crippen molar-refractivity contribution in [1.82, 2.24) is 5.32 Å². The average Bonchev–Trinajstić information content (AvgIpc) is 3.31. The molecule has 1 heterocycles. The SMILES string of the molecule is CCCCCCCCCCCCCC/C=C\CCCCCCCCCCCCC(O)C(=O)NC(COC1OC(CO)C(O)C(O)C1O)C(O)C(O)CCCCCCCCCCCCCC. The van der Waals surface area contributed by atoms with E-state index in [2.05, 4.69) is 31.3 Å². The molecule has 386 valence electrons. The van der Waals surface area contributed by atoms with E-state index < -0.39 is 74.2 Å². The molecule has 0 aromatic carbocycles. The van der Waals surface area contributed by atoms with Crippen LogP contribution in [0.25, 0.3) is 0 Å². The lowest BCUT2D eigenvalue weighted by molar-refractivity contribution is -0.303. The van der Waals surface area contributed by atoms with E-state index in [-0.39, 0.29) is 6.42 Å². The molecule has 0 bridgehead atoms. The number of ether oxygens (including phenoxy) is 2. The smallest absolute Gasteiger partial charge is 0.249 e. The van der Waals surface area contributed by atoms with Crippen LogP contribution in [0.2, 0.25) is 0 Å². The first kappa shape index (κ1) is 61.9. The highest BCUT2D eigenvalue weighted by molar-refractivity contribution is 5.80. The minimum Gasteiger partial charge on any atom is -0.394 e. The van der Waals surface area contributed by atoms with E-state index in [0.717, 1.165) is 38.5 Å². The second-order valence-corrected chi connectivity index (χ2v) is 19.7. The number of hydrogen-bond donors (Lipinski definition) is 8. The third-order valence-electron chi connectivity index (χ3n) is 13.6. The lowest BCUT2D eigenvalue weighted by Crippen LogP contribution is -2.60. The van der Waals surface area contributed by atoms with Crippen molar-refractivity contribution in [2.45, 2.75) is 313 Å². The summed E-state index contributed by atoms with van der Waals surface area (Å²) in [6, 6.07) is -1.16. The first-order chi connectivity index (χ1) is 31.7. The van der Waals surface area contributed by atoms with Crippen LogP contribution in [-0.4, -0.2) is 110 Å². The first-order valence-electron chi connectivity index (χ1n) is 27.6. The molecule has 8 N–H and O–H groups in total. The van der Waals surface area contributed by atoms with Gasteiger partial charge in [-0.1, -0.05) is 231 Å². The molecule has 65 heavy (non-hydrogen) atoms. The molecule has 9 unspecified atom stereocenters. The van der Waals surface area contributed by atoms with Crippen LogP contribution in [0.1, 0.15) is 258 Å². The van der Waals surface area contributed by atoms with Crippen LogP contribution < -0.4 is 5.32 Å². The molecule has 1 rings (SSSR count). The summed E-state index contributed by atoms with van der Waals surface area (Å²) in [6.45, 7) is 3.46. The predicted octanol–water partition coefficient (Wildman–Crippen LogP) is 10.8. The van der Waals surface area contributed by atoms with Crippen molar-refractivity contribution in [2.75, 3.05) is 13.2 Å². The van der Waals surface area contributed by atoms with E-state index in [9.17, 15) is 40.5 Å². The zero-order valence-corrected chi connectivity index (χ0v) is 42.0. The van der Waals surface area contributed by atoms with E-state index in [1.165, 1.54) is 180 Å². The number of allylic oxidation sites excluding steroid dienone is 2. The lowest BCUT2D eigenvalue weighted by atomic mass is 9.98. The van der Waals surface area contributed by atoms with Gasteiger partial charge in [-0.05, 0) is 38.5 Å². The highest BCUT2D eigenvalue weighted by atomic mass is 16.7. The molecule has 1 aliphatic rings. The zero-order chi connectivity index (χ0) is 47.6. The Morgan fingerprint density at radius 2 is 0.892 bits per heavy atom. The molecule has 0 aromatic heterocycles. The molecule has 11 heteroatoms. The number of unbranched alkanes of at least 4 members (excludes halogenated alkanes) is 33. The van der Waals surface area contributed by atoms with Crippen molar-refractivity contribution in [3.05, 3.63) is 12.2 Å². The number of carbonyl (C=O) groups excluding carboxylic acids is 1. The summed E-state index contributed by atoms with van der Waals surface area (Å²) in [5.41, 5.74) is 0. The van der Waals surface area contributed by atoms with Crippen LogP contribution in [0.15, 0.2) is 12.2 Å². The van der Waals surface area contributed by atoms with Crippen LogP contribution in [-0.2, 0) is 14.3 Å². The number of aliphatic hydroxyl groups is 7. The molecule has 0 spiro atoms. The molecule has 11 nitrogen and oxygen atoms in total. The molecule has 0 radical (unpaired) electrons. The van der Waals surface area contributed by atoms with Crippen molar-refractivity contribution in [3.8, 4) is 0 Å². The lowest BCUT2D eigenvalue weighted by Gasteiger charge is -2.40. The number of carbonyl (C=O) groups is 1. The first-order valence-corrected chi connectivity index (χ1v) is 27.6. The largest absolute Gasteiger partial charge is 0.394 e. The summed E-state index contributed by atoms with van der Waals surface area (Å²) in [5, 5.41) is 75.9. The fourth-order valence-electron chi connectivity index (χ4n) is 9.03. The van der Waals surface area contributed by atoms with Crippen LogP contribution in [0, 0.1) is 0 Å². The Morgan fingerprint density at radius 1 is 0.523 bits per heavy atom. The van der Waals surface area contributed by atoms with E-state index in [1.807, 2.05) is 0 Å². The molecule has 1 amide bonds. The molecule has 0 aromatic rings. The predicted molar refractivity (Wildman–Crippen MR) is 266 cm³/mol. The summed E-state index contributed by atoms with van der Waals surface area (Å²) < 4.78 is 11.1. The van der Waals surface area contributed by atoms with Crippen molar-refractivity contribution in [2.24, 2.45) is 0 Å². The van der Waals surface area contributed by atoms with Crippen molar-refractivity contribution in [3.63, 3.8) is 0 Å². The zero-order valence-electron chi connectivity index (χ0n) is 42.0. The van der Waals surface area contributed by atoms with E-state index in [1.54, 1.807) is 0 Å². The van der Waals surface area contributed by atoms with Gasteiger partial charge in [0.05, 0.1) is 25.4 Å². The second kappa shape index (κ2) is 44.1. The molecule has 1 fully saturated rings. The Kier molecular flexibility index (Phi) is 42.0. The highest BCUT2D eigenvalue weighted by Gasteiger charge is 2.44. The molecule has 0 saturated carbocycles. The molecule has 1 aliphatic heterocycles. The monoisotopic (exact) mass is 928 g/mol. The normalized spacial score (nSPS) is 20.9. The topological polar surface area (TPSA) is 189 Å². The fourth-order valence-corrected chi connectivity index (χ4v) is 9.03.